The first-order chi connectivity index (χ1) is 33.3. The number of fused-ring (bicyclic) bond motifs is 3. The normalized spacial score (nSPS) is 13.4. The maximum atomic E-state index is 6.99. The van der Waals surface area contributed by atoms with E-state index < -0.39 is 0 Å². The Bertz CT molecular complexity index is 3370. The van der Waals surface area contributed by atoms with Gasteiger partial charge in [-0.05, 0) is 97.1 Å². The maximum Gasteiger partial charge on any atom is 0.135 e. The molecule has 9 aromatic rings. The van der Waals surface area contributed by atoms with Crippen LogP contribution < -0.4 is 14.5 Å². The van der Waals surface area contributed by atoms with E-state index >= 15 is 0 Å². The van der Waals surface area contributed by atoms with Crippen molar-refractivity contribution >= 4 is 38.9 Å². The zero-order valence-electron chi connectivity index (χ0n) is 42.8. The standard InChI is InChI=1S/C65H63N4O.Pt/c1-62(2,3)48-31-32-66-61(39-48)69-58-30-27-49(65(10,11)47-25-19-14-20-26-47)38-57(58)56-29-28-54(41-59(56)69)70-55-34-46(44-21-15-12-16-22-44)33-53(40-55)68-43-67(42-60(68)45-23-17-13-18-24-45)52-36-50(63(4,5)6)35-51(37-52)64(7,8)9;/h12-39,42-43H,1-11H3;/q-3;. The number of aromatic nitrogens is 2. The van der Waals surface area contributed by atoms with Crippen molar-refractivity contribution in [2.75, 3.05) is 9.80 Å². The molecule has 3 heterocycles. The first-order valence-corrected chi connectivity index (χ1v) is 24.5. The van der Waals surface area contributed by atoms with Crippen LogP contribution in [-0.2, 0) is 42.7 Å². The summed E-state index contributed by atoms with van der Waals surface area (Å²) in [5.41, 5.74) is 14.1. The number of rotatable bonds is 9. The van der Waals surface area contributed by atoms with E-state index in [1.807, 2.05) is 12.3 Å². The molecule has 5 nitrogen and oxygen atoms in total. The van der Waals surface area contributed by atoms with Gasteiger partial charge in [0.1, 0.15) is 5.82 Å². The Morgan fingerprint density at radius 1 is 0.493 bits per heavy atom. The van der Waals surface area contributed by atoms with Crippen LogP contribution in [0.3, 0.4) is 0 Å². The van der Waals surface area contributed by atoms with Crippen molar-refractivity contribution in [2.24, 2.45) is 0 Å². The second kappa shape index (κ2) is 18.8. The van der Waals surface area contributed by atoms with Gasteiger partial charge in [0.2, 0.25) is 0 Å². The molecule has 0 N–H and O–H groups in total. The van der Waals surface area contributed by atoms with E-state index in [9.17, 15) is 0 Å². The molecule has 0 unspecified atom stereocenters. The smallest absolute Gasteiger partial charge is 0.135 e. The SMILES string of the molecule is CC(C)(C)c1cc(N2C=C(c3ccccc3)N(c3[c-]c(Oc4[c-]c5c(cc4)c4cc(C(C)(C)c6ccccc6)ccc4n5-c4cc(C(C)(C)C)ccn4)cc(-c4ccccc4)c3)[CH-]2)cc(C(C)(C)C)c1.[Pt]. The van der Waals surface area contributed by atoms with Crippen molar-refractivity contribution < 1.29 is 25.8 Å². The molecule has 10 rings (SSSR count). The van der Waals surface area contributed by atoms with Crippen molar-refractivity contribution in [2.45, 2.75) is 97.8 Å². The third kappa shape index (κ3) is 9.87. The summed E-state index contributed by atoms with van der Waals surface area (Å²) in [6.07, 6.45) is 4.16. The maximum absolute atomic E-state index is 6.99. The molecule has 7 aromatic carbocycles. The van der Waals surface area contributed by atoms with E-state index in [1.165, 1.54) is 27.8 Å². The second-order valence-corrected chi connectivity index (χ2v) is 22.4. The zero-order valence-corrected chi connectivity index (χ0v) is 45.1. The molecule has 1 aliphatic heterocycles. The van der Waals surface area contributed by atoms with Gasteiger partial charge in [0.25, 0.3) is 0 Å². The van der Waals surface area contributed by atoms with Gasteiger partial charge in [0.15, 0.2) is 0 Å². The molecule has 362 valence electrons. The molecule has 0 aliphatic carbocycles. The summed E-state index contributed by atoms with van der Waals surface area (Å²) in [7, 11) is 0. The third-order valence-electron chi connectivity index (χ3n) is 13.9. The van der Waals surface area contributed by atoms with Crippen LogP contribution in [0.4, 0.5) is 11.4 Å². The Balaban J connectivity index is 0.00000624. The number of ether oxygens (including phenoxy) is 1. The van der Waals surface area contributed by atoms with E-state index in [0.29, 0.717) is 11.5 Å². The fraction of sp³-hybridized carbons (Fsp3) is 0.231. The average molecular weight is 1110 g/mol. The number of benzene rings is 7. The van der Waals surface area contributed by atoms with Gasteiger partial charge in [-0.15, -0.1) is 53.6 Å². The molecule has 0 saturated heterocycles. The van der Waals surface area contributed by atoms with E-state index in [2.05, 4.69) is 273 Å². The van der Waals surface area contributed by atoms with Crippen molar-refractivity contribution in [1.82, 2.24) is 9.55 Å². The molecule has 0 spiro atoms. The van der Waals surface area contributed by atoms with Gasteiger partial charge >= 0.3 is 0 Å². The summed E-state index contributed by atoms with van der Waals surface area (Å²) in [4.78, 5) is 9.49. The number of anilines is 2. The monoisotopic (exact) mass is 1110 g/mol. The van der Waals surface area contributed by atoms with Crippen LogP contribution in [0.15, 0.2) is 176 Å². The van der Waals surface area contributed by atoms with Gasteiger partial charge in [-0.3, -0.25) is 0 Å². The van der Waals surface area contributed by atoms with Crippen molar-refractivity contribution in [3.63, 3.8) is 0 Å². The van der Waals surface area contributed by atoms with Crippen LogP contribution in [0.2, 0.25) is 0 Å². The van der Waals surface area contributed by atoms with E-state index in [1.54, 1.807) is 0 Å². The van der Waals surface area contributed by atoms with Crippen LogP contribution in [0.1, 0.15) is 110 Å². The second-order valence-electron chi connectivity index (χ2n) is 22.4. The first-order valence-electron chi connectivity index (χ1n) is 24.5. The average Bonchev–Trinajstić information content (AvgIpc) is 3.94. The molecule has 6 heteroatoms. The molecule has 1 aliphatic rings. The van der Waals surface area contributed by atoms with Crippen molar-refractivity contribution in [1.29, 1.82) is 0 Å². The first kappa shape index (κ1) is 49.3. The summed E-state index contributed by atoms with van der Waals surface area (Å²) in [5.74, 6) is 2.01. The number of pyridine rings is 1. The van der Waals surface area contributed by atoms with Gasteiger partial charge in [0, 0.05) is 61.1 Å². The van der Waals surface area contributed by atoms with Crippen LogP contribution in [-0.4, -0.2) is 9.55 Å². The Morgan fingerprint density at radius 3 is 1.75 bits per heavy atom. The Labute approximate surface area is 436 Å². The minimum Gasteiger partial charge on any atom is -0.509 e. The molecule has 2 aromatic heterocycles. The molecule has 71 heavy (non-hydrogen) atoms. The molecule has 0 atom stereocenters. The summed E-state index contributed by atoms with van der Waals surface area (Å²) in [5, 5.41) is 2.22. The van der Waals surface area contributed by atoms with Crippen LogP contribution in [0.25, 0.3) is 44.4 Å². The summed E-state index contributed by atoms with van der Waals surface area (Å²) < 4.78 is 9.23. The molecule has 0 saturated carbocycles. The van der Waals surface area contributed by atoms with Gasteiger partial charge in [0.05, 0.1) is 0 Å². The van der Waals surface area contributed by atoms with E-state index in [4.69, 9.17) is 9.72 Å². The summed E-state index contributed by atoms with van der Waals surface area (Å²) >= 11 is 0. The van der Waals surface area contributed by atoms with Gasteiger partial charge in [-0.2, -0.15) is 6.07 Å². The van der Waals surface area contributed by atoms with Gasteiger partial charge < -0.3 is 19.1 Å². The van der Waals surface area contributed by atoms with Gasteiger partial charge in [-0.1, -0.05) is 191 Å². The predicted octanol–water partition coefficient (Wildman–Crippen LogP) is 16.9. The van der Waals surface area contributed by atoms with Crippen LogP contribution >= 0.6 is 0 Å². The zero-order chi connectivity index (χ0) is 49.2. The molecular weight excluding hydrogens is 1050 g/mol. The quantitative estimate of drug-likeness (QED) is 0.135. The van der Waals surface area contributed by atoms with E-state index in [-0.39, 0.29) is 42.7 Å². The molecule has 0 bridgehead atoms. The third-order valence-corrected chi connectivity index (χ3v) is 13.9. The minimum atomic E-state index is -0.219. The Kier molecular flexibility index (Phi) is 13.1. The summed E-state index contributed by atoms with van der Waals surface area (Å²) in [6.45, 7) is 27.2. The van der Waals surface area contributed by atoms with Crippen molar-refractivity contribution in [3.8, 4) is 28.4 Å². The number of nitrogens with zero attached hydrogens (tertiary/aromatic N) is 4. The number of hydrogen-bond acceptors (Lipinski definition) is 4. The largest absolute Gasteiger partial charge is 0.509 e. The minimum absolute atomic E-state index is 0. The van der Waals surface area contributed by atoms with Gasteiger partial charge in [-0.25, -0.2) is 4.98 Å². The molecule has 0 fully saturated rings. The molecule has 0 amide bonds. The Hall–Kier alpha value is -6.68. The molecular formula is C65H63N4OPt-3. The molecule has 0 radical (unpaired) electrons. The summed E-state index contributed by atoms with van der Waals surface area (Å²) in [6, 6.07) is 66.1. The fourth-order valence-corrected chi connectivity index (χ4v) is 9.46. The topological polar surface area (TPSA) is 33.5 Å². The van der Waals surface area contributed by atoms with Crippen LogP contribution in [0, 0.1) is 18.8 Å². The number of hydrogen-bond donors (Lipinski definition) is 0. The predicted molar refractivity (Wildman–Crippen MR) is 293 cm³/mol. The van der Waals surface area contributed by atoms with Crippen LogP contribution in [0.5, 0.6) is 11.5 Å². The Morgan fingerprint density at radius 2 is 1.11 bits per heavy atom. The van der Waals surface area contributed by atoms with E-state index in [0.717, 1.165) is 61.4 Å². The van der Waals surface area contributed by atoms with Crippen molar-refractivity contribution in [3.05, 3.63) is 228 Å². The fourth-order valence-electron chi connectivity index (χ4n) is 9.46.